The van der Waals surface area contributed by atoms with Crippen molar-refractivity contribution < 1.29 is 35.9 Å². The second-order valence-corrected chi connectivity index (χ2v) is 12.8. The Labute approximate surface area is 267 Å². The molecule has 242 valence electrons. The fourth-order valence-corrected chi connectivity index (χ4v) is 6.55. The molecule has 2 aliphatic heterocycles. The maximum atomic E-state index is 13.5. The molecule has 0 spiro atoms. The van der Waals surface area contributed by atoms with Crippen LogP contribution < -0.4 is 0 Å². The van der Waals surface area contributed by atoms with Gasteiger partial charge in [0.15, 0.2) is 0 Å². The molecule has 3 aromatic carbocycles. The summed E-state index contributed by atoms with van der Waals surface area (Å²) in [4.78, 5) is 16.4. The molecule has 4 nitrogen and oxygen atoms in total. The minimum atomic E-state index is -5.00. The van der Waals surface area contributed by atoms with Crippen LogP contribution in [0.25, 0.3) is 0 Å². The average Bonchev–Trinajstić information content (AvgIpc) is 2.99. The molecular weight excluding hydrogens is 641 g/mol. The topological polar surface area (TPSA) is 32.8 Å². The summed E-state index contributed by atoms with van der Waals surface area (Å²) >= 11 is 12.5. The minimum absolute atomic E-state index is 0.00582. The molecule has 1 unspecified atom stereocenters. The predicted molar refractivity (Wildman–Crippen MR) is 160 cm³/mol. The lowest BCUT2D eigenvalue weighted by Crippen LogP contribution is -2.53. The van der Waals surface area contributed by atoms with Gasteiger partial charge in [0, 0.05) is 18.5 Å². The SMILES string of the molecule is O=C1OCC(CCN2CCC(Cc3ccccc3)CC2)(c2ccc(Cl)c(Cl)c2)CN1Cc1cc(C(F)(F)F)cc(C(F)(F)F)c1. The maximum absolute atomic E-state index is 13.5. The third-order valence-electron chi connectivity index (χ3n) is 8.76. The van der Waals surface area contributed by atoms with E-state index in [1.807, 2.05) is 18.2 Å². The molecule has 0 aromatic heterocycles. The van der Waals surface area contributed by atoms with E-state index in [0.29, 0.717) is 41.6 Å². The highest BCUT2D eigenvalue weighted by molar-refractivity contribution is 6.42. The van der Waals surface area contributed by atoms with Crippen LogP contribution in [0.3, 0.4) is 0 Å². The highest BCUT2D eigenvalue weighted by Gasteiger charge is 2.43. The van der Waals surface area contributed by atoms with Crippen molar-refractivity contribution in [1.29, 1.82) is 0 Å². The van der Waals surface area contributed by atoms with E-state index in [1.54, 1.807) is 18.2 Å². The van der Waals surface area contributed by atoms with E-state index in [4.69, 9.17) is 27.9 Å². The molecule has 45 heavy (non-hydrogen) atoms. The normalized spacial score (nSPS) is 20.4. The van der Waals surface area contributed by atoms with Gasteiger partial charge in [-0.25, -0.2) is 4.79 Å². The van der Waals surface area contributed by atoms with Gasteiger partial charge in [-0.05, 0) is 98.3 Å². The van der Waals surface area contributed by atoms with Gasteiger partial charge in [0.1, 0.15) is 6.61 Å². The number of rotatable bonds is 8. The molecule has 0 bridgehead atoms. The number of nitrogens with zero attached hydrogens (tertiary/aromatic N) is 2. The molecule has 3 aromatic rings. The number of ether oxygens (including phenoxy) is 1. The Kier molecular flexibility index (Phi) is 9.96. The summed E-state index contributed by atoms with van der Waals surface area (Å²) in [6.45, 7) is 1.88. The van der Waals surface area contributed by atoms with Crippen molar-refractivity contribution in [2.45, 2.75) is 50.0 Å². The zero-order valence-corrected chi connectivity index (χ0v) is 25.7. The first-order valence-corrected chi connectivity index (χ1v) is 15.4. The summed E-state index contributed by atoms with van der Waals surface area (Å²) < 4.78 is 86.7. The Bertz CT molecular complexity index is 1460. The number of amides is 1. The van der Waals surface area contributed by atoms with Crippen LogP contribution in [0.2, 0.25) is 10.0 Å². The van der Waals surface area contributed by atoms with Gasteiger partial charge in [-0.15, -0.1) is 0 Å². The molecule has 2 fully saturated rings. The number of carbonyl (C=O) groups is 1. The number of benzene rings is 3. The largest absolute Gasteiger partial charge is 0.448 e. The maximum Gasteiger partial charge on any atom is 0.416 e. The van der Waals surface area contributed by atoms with Crippen molar-refractivity contribution in [2.24, 2.45) is 5.92 Å². The molecular formula is C33H32Cl2F6N2O2. The molecule has 0 radical (unpaired) electrons. The van der Waals surface area contributed by atoms with Gasteiger partial charge >= 0.3 is 18.4 Å². The van der Waals surface area contributed by atoms with E-state index in [2.05, 4.69) is 17.0 Å². The Morgan fingerprint density at radius 2 is 1.47 bits per heavy atom. The summed E-state index contributed by atoms with van der Waals surface area (Å²) in [6, 6.07) is 16.8. The zero-order valence-electron chi connectivity index (χ0n) is 24.2. The van der Waals surface area contributed by atoms with Crippen LogP contribution in [0.15, 0.2) is 66.7 Å². The van der Waals surface area contributed by atoms with E-state index in [-0.39, 0.29) is 29.8 Å². The summed E-state index contributed by atoms with van der Waals surface area (Å²) in [5.74, 6) is 0.563. The predicted octanol–water partition coefficient (Wildman–Crippen LogP) is 9.27. The standard InChI is InChI=1S/C33H32Cl2F6N2O2/c34-28-7-6-25(18-29(28)35)31(10-13-42-11-8-23(9-12-42)14-22-4-2-1-3-5-22)20-43(30(44)45-21-31)19-24-15-26(32(36,37)38)17-27(16-24)33(39,40)41/h1-7,15-18,23H,8-14,19-21H2. The van der Waals surface area contributed by atoms with Crippen LogP contribution in [-0.2, 0) is 35.5 Å². The molecule has 1 amide bonds. The van der Waals surface area contributed by atoms with Crippen molar-refractivity contribution >= 4 is 29.3 Å². The Morgan fingerprint density at radius 1 is 0.822 bits per heavy atom. The second kappa shape index (κ2) is 13.4. The van der Waals surface area contributed by atoms with Crippen LogP contribution in [0.5, 0.6) is 0 Å². The van der Waals surface area contributed by atoms with E-state index in [0.717, 1.165) is 37.3 Å². The molecule has 2 heterocycles. The smallest absolute Gasteiger partial charge is 0.416 e. The number of alkyl halides is 6. The van der Waals surface area contributed by atoms with Crippen molar-refractivity contribution in [1.82, 2.24) is 9.80 Å². The summed E-state index contributed by atoms with van der Waals surface area (Å²) in [6.07, 6.45) is -7.27. The van der Waals surface area contributed by atoms with Gasteiger partial charge in [0.05, 0.1) is 21.2 Å². The second-order valence-electron chi connectivity index (χ2n) is 12.0. The van der Waals surface area contributed by atoms with E-state index >= 15 is 0 Å². The first kappa shape index (κ1) is 33.4. The lowest BCUT2D eigenvalue weighted by molar-refractivity contribution is -0.143. The number of halogens is 8. The Morgan fingerprint density at radius 3 is 2.07 bits per heavy atom. The highest BCUT2D eigenvalue weighted by Crippen LogP contribution is 2.40. The van der Waals surface area contributed by atoms with Gasteiger partial charge in [-0.2, -0.15) is 26.3 Å². The van der Waals surface area contributed by atoms with E-state index < -0.39 is 41.5 Å². The fourth-order valence-electron chi connectivity index (χ4n) is 6.25. The van der Waals surface area contributed by atoms with Crippen LogP contribution >= 0.6 is 23.2 Å². The number of piperidine rings is 1. The summed E-state index contributed by atoms with van der Waals surface area (Å²) in [5, 5.41) is 0.607. The van der Waals surface area contributed by atoms with Crippen molar-refractivity contribution in [3.8, 4) is 0 Å². The van der Waals surface area contributed by atoms with Crippen molar-refractivity contribution in [3.63, 3.8) is 0 Å². The minimum Gasteiger partial charge on any atom is -0.448 e. The molecule has 1 atom stereocenters. The van der Waals surface area contributed by atoms with Gasteiger partial charge in [0.2, 0.25) is 0 Å². The monoisotopic (exact) mass is 672 g/mol. The van der Waals surface area contributed by atoms with Crippen LogP contribution in [0.1, 0.15) is 47.1 Å². The molecule has 5 rings (SSSR count). The number of carbonyl (C=O) groups excluding carboxylic acids is 1. The Hall–Kier alpha value is -2.95. The summed E-state index contributed by atoms with van der Waals surface area (Å²) in [7, 11) is 0. The third kappa shape index (κ3) is 8.26. The first-order valence-electron chi connectivity index (χ1n) is 14.6. The van der Waals surface area contributed by atoms with Crippen LogP contribution in [0.4, 0.5) is 31.1 Å². The molecule has 2 aliphatic rings. The number of likely N-dealkylation sites (tertiary alicyclic amines) is 1. The van der Waals surface area contributed by atoms with Crippen LogP contribution in [-0.4, -0.2) is 48.7 Å². The van der Waals surface area contributed by atoms with Gasteiger partial charge in [0.25, 0.3) is 0 Å². The molecule has 0 saturated carbocycles. The van der Waals surface area contributed by atoms with Gasteiger partial charge in [-0.1, -0.05) is 59.6 Å². The first-order chi connectivity index (χ1) is 21.2. The molecule has 2 saturated heterocycles. The molecule has 0 aliphatic carbocycles. The van der Waals surface area contributed by atoms with Gasteiger partial charge < -0.3 is 14.5 Å². The third-order valence-corrected chi connectivity index (χ3v) is 9.50. The zero-order chi connectivity index (χ0) is 32.4. The summed E-state index contributed by atoms with van der Waals surface area (Å²) in [5.41, 5.74) is -2.00. The van der Waals surface area contributed by atoms with Crippen molar-refractivity contribution in [2.75, 3.05) is 32.8 Å². The Balaban J connectivity index is 1.36. The molecule has 0 N–H and O–H groups in total. The average molecular weight is 674 g/mol. The van der Waals surface area contributed by atoms with Crippen molar-refractivity contribution in [3.05, 3.63) is 105 Å². The number of cyclic esters (lactones) is 1. The number of hydrogen-bond donors (Lipinski definition) is 0. The molecule has 12 heteroatoms. The lowest BCUT2D eigenvalue weighted by Gasteiger charge is -2.44. The van der Waals surface area contributed by atoms with E-state index in [1.165, 1.54) is 5.56 Å². The highest BCUT2D eigenvalue weighted by atomic mass is 35.5. The van der Waals surface area contributed by atoms with E-state index in [9.17, 15) is 31.1 Å². The van der Waals surface area contributed by atoms with Crippen LogP contribution in [0, 0.1) is 5.92 Å². The lowest BCUT2D eigenvalue weighted by atomic mass is 9.76. The van der Waals surface area contributed by atoms with Gasteiger partial charge in [-0.3, -0.25) is 0 Å². The fraction of sp³-hybridized carbons (Fsp3) is 0.424. The number of hydrogen-bond acceptors (Lipinski definition) is 3. The quantitative estimate of drug-likeness (QED) is 0.224.